The highest BCUT2D eigenvalue weighted by atomic mass is 35.5. The van der Waals surface area contributed by atoms with Crippen LogP contribution in [0.3, 0.4) is 0 Å². The molecule has 7 nitrogen and oxygen atoms in total. The maximum atomic E-state index is 13.2. The molecule has 1 unspecified atom stereocenters. The van der Waals surface area contributed by atoms with E-state index in [4.69, 9.17) is 11.6 Å². The first-order chi connectivity index (χ1) is 17.4. The first-order valence-corrected chi connectivity index (χ1v) is 12.8. The minimum absolute atomic E-state index is 0.0655. The molecule has 0 saturated carbocycles. The number of amides is 1. The first kappa shape index (κ1) is 24.1. The van der Waals surface area contributed by atoms with E-state index in [0.29, 0.717) is 26.2 Å². The van der Waals surface area contributed by atoms with Crippen molar-refractivity contribution in [1.82, 2.24) is 15.2 Å². The van der Waals surface area contributed by atoms with Gasteiger partial charge in [-0.15, -0.1) is 10.2 Å². The smallest absolute Gasteiger partial charge is 0.301 e. The molecule has 1 aliphatic heterocycles. The number of aliphatic hydroxyl groups excluding tert-OH is 1. The van der Waals surface area contributed by atoms with Crippen molar-refractivity contribution in [2.75, 3.05) is 4.90 Å². The molecule has 4 aromatic rings. The van der Waals surface area contributed by atoms with E-state index in [-0.39, 0.29) is 22.3 Å². The van der Waals surface area contributed by atoms with Gasteiger partial charge in [0.2, 0.25) is 5.13 Å². The van der Waals surface area contributed by atoms with Gasteiger partial charge in [-0.1, -0.05) is 59.0 Å². The normalized spacial score (nSPS) is 17.1. The Labute approximate surface area is 218 Å². The summed E-state index contributed by atoms with van der Waals surface area (Å²) in [5.41, 5.74) is 1.76. The van der Waals surface area contributed by atoms with E-state index in [0.717, 1.165) is 16.9 Å². The zero-order valence-corrected chi connectivity index (χ0v) is 20.7. The lowest BCUT2D eigenvalue weighted by Crippen LogP contribution is -2.29. The van der Waals surface area contributed by atoms with Crippen LogP contribution in [-0.4, -0.2) is 32.0 Å². The van der Waals surface area contributed by atoms with Crippen molar-refractivity contribution in [1.29, 1.82) is 0 Å². The summed E-state index contributed by atoms with van der Waals surface area (Å²) in [6.07, 6.45) is 2.97. The van der Waals surface area contributed by atoms with Crippen molar-refractivity contribution in [3.8, 4) is 0 Å². The second kappa shape index (κ2) is 10.2. The Kier molecular flexibility index (Phi) is 6.82. The zero-order chi connectivity index (χ0) is 25.2. The fourth-order valence-electron chi connectivity index (χ4n) is 3.74. The number of aromatic nitrogens is 3. The van der Waals surface area contributed by atoms with Gasteiger partial charge in [-0.2, -0.15) is 0 Å². The number of benzene rings is 2. The number of carbonyl (C=O) groups excluding carboxylic acids is 2. The van der Waals surface area contributed by atoms with Gasteiger partial charge in [0.15, 0.2) is 4.34 Å². The predicted molar refractivity (Wildman–Crippen MR) is 136 cm³/mol. The third kappa shape index (κ3) is 4.75. The van der Waals surface area contributed by atoms with Crippen LogP contribution < -0.4 is 4.90 Å². The summed E-state index contributed by atoms with van der Waals surface area (Å²) in [6, 6.07) is 15.0. The molecule has 0 spiro atoms. The zero-order valence-electron chi connectivity index (χ0n) is 18.3. The second-order valence-electron chi connectivity index (χ2n) is 7.72. The van der Waals surface area contributed by atoms with E-state index in [2.05, 4.69) is 15.2 Å². The number of aliphatic hydroxyl groups is 1. The van der Waals surface area contributed by atoms with Crippen LogP contribution in [0.2, 0.25) is 5.02 Å². The number of ketones is 1. The summed E-state index contributed by atoms with van der Waals surface area (Å²) in [4.78, 5) is 31.6. The fraction of sp³-hybridized carbons (Fsp3) is 0.0800. The van der Waals surface area contributed by atoms with Gasteiger partial charge in [0, 0.05) is 28.7 Å². The molecule has 1 fully saturated rings. The number of hydrogen-bond donors (Lipinski definition) is 1. The topological polar surface area (TPSA) is 96.3 Å². The maximum absolute atomic E-state index is 13.2. The van der Waals surface area contributed by atoms with Crippen LogP contribution in [0.1, 0.15) is 22.7 Å². The molecule has 11 heteroatoms. The Balaban J connectivity index is 1.52. The van der Waals surface area contributed by atoms with Crippen molar-refractivity contribution in [3.63, 3.8) is 0 Å². The van der Waals surface area contributed by atoms with Gasteiger partial charge in [-0.25, -0.2) is 4.39 Å². The van der Waals surface area contributed by atoms with Gasteiger partial charge in [-0.3, -0.25) is 19.5 Å². The molecule has 0 radical (unpaired) electrons. The molecule has 1 amide bonds. The molecule has 1 atom stereocenters. The van der Waals surface area contributed by atoms with Gasteiger partial charge in [-0.05, 0) is 47.5 Å². The number of pyridine rings is 1. The highest BCUT2D eigenvalue weighted by molar-refractivity contribution is 8.00. The number of hydrogen-bond acceptors (Lipinski definition) is 8. The molecule has 1 saturated heterocycles. The van der Waals surface area contributed by atoms with Crippen LogP contribution in [0.25, 0.3) is 5.76 Å². The second-order valence-corrected chi connectivity index (χ2v) is 10.3. The number of anilines is 1. The highest BCUT2D eigenvalue weighted by Gasteiger charge is 2.48. The fourth-order valence-corrected chi connectivity index (χ4v) is 5.69. The molecular weight excluding hydrogens is 523 g/mol. The molecule has 180 valence electrons. The summed E-state index contributed by atoms with van der Waals surface area (Å²) >= 11 is 8.59. The molecule has 36 heavy (non-hydrogen) atoms. The van der Waals surface area contributed by atoms with E-state index in [1.54, 1.807) is 48.5 Å². The quantitative estimate of drug-likeness (QED) is 0.111. The number of nitrogens with zero attached hydrogens (tertiary/aromatic N) is 4. The lowest BCUT2D eigenvalue weighted by molar-refractivity contribution is -0.132. The Morgan fingerprint density at radius 1 is 1.03 bits per heavy atom. The van der Waals surface area contributed by atoms with E-state index in [1.807, 2.05) is 0 Å². The van der Waals surface area contributed by atoms with E-state index in [1.165, 1.54) is 41.2 Å². The summed E-state index contributed by atoms with van der Waals surface area (Å²) in [5, 5.41) is 20.1. The summed E-state index contributed by atoms with van der Waals surface area (Å²) < 4.78 is 13.7. The number of thioether (sulfide) groups is 1. The summed E-state index contributed by atoms with van der Waals surface area (Å²) in [5.74, 6) is -1.76. The third-order valence-corrected chi connectivity index (χ3v) is 7.84. The molecule has 1 N–H and O–H groups in total. The Hall–Kier alpha value is -3.60. The first-order valence-electron chi connectivity index (χ1n) is 10.6. The van der Waals surface area contributed by atoms with Crippen molar-refractivity contribution in [3.05, 3.63) is 106 Å². The van der Waals surface area contributed by atoms with Gasteiger partial charge in [0.25, 0.3) is 5.78 Å². The molecular formula is C25H16ClFN4O3S2. The third-order valence-electron chi connectivity index (χ3n) is 5.46. The molecule has 1 aliphatic rings. The molecule has 2 aromatic heterocycles. The minimum Gasteiger partial charge on any atom is -0.507 e. The lowest BCUT2D eigenvalue weighted by Gasteiger charge is -2.22. The monoisotopic (exact) mass is 538 g/mol. The number of rotatable bonds is 6. The molecule has 3 heterocycles. The summed E-state index contributed by atoms with van der Waals surface area (Å²) in [7, 11) is 0. The Bertz CT molecular complexity index is 1460. The largest absolute Gasteiger partial charge is 0.507 e. The summed E-state index contributed by atoms with van der Waals surface area (Å²) in [6.45, 7) is 0. The standard InChI is InChI=1S/C25H16ClFN4O3S2/c26-17-5-3-15(4-6-17)20-19(21(32)16-9-11-28-12-10-16)22(33)23(34)31(20)24-29-30-25(36-24)35-13-14-1-7-18(27)8-2-14/h1-12,20,32H,13H2/b21-19+. The van der Waals surface area contributed by atoms with Crippen LogP contribution in [0.15, 0.2) is 83.0 Å². The Morgan fingerprint density at radius 2 is 1.72 bits per heavy atom. The average molecular weight is 539 g/mol. The molecule has 2 aromatic carbocycles. The van der Waals surface area contributed by atoms with Crippen molar-refractivity contribution in [2.45, 2.75) is 16.1 Å². The van der Waals surface area contributed by atoms with Crippen LogP contribution in [0.5, 0.6) is 0 Å². The minimum atomic E-state index is -0.932. The average Bonchev–Trinajstić information content (AvgIpc) is 3.46. The van der Waals surface area contributed by atoms with Gasteiger partial charge >= 0.3 is 5.91 Å². The van der Waals surface area contributed by atoms with Crippen LogP contribution in [-0.2, 0) is 15.3 Å². The number of Topliss-reactive ketones (excluding diaryl/α,β-unsaturated/α-hetero) is 1. The van der Waals surface area contributed by atoms with Gasteiger partial charge in [0.05, 0.1) is 11.6 Å². The van der Waals surface area contributed by atoms with Crippen LogP contribution in [0.4, 0.5) is 9.52 Å². The number of carbonyl (C=O) groups is 2. The van der Waals surface area contributed by atoms with Crippen LogP contribution >= 0.6 is 34.7 Å². The van der Waals surface area contributed by atoms with Gasteiger partial charge < -0.3 is 5.11 Å². The maximum Gasteiger partial charge on any atom is 0.301 e. The van der Waals surface area contributed by atoms with E-state index < -0.39 is 17.7 Å². The SMILES string of the molecule is O=C1C(=O)N(c2nnc(SCc3ccc(F)cc3)s2)C(c2ccc(Cl)cc2)/C1=C(\O)c1ccncc1. The van der Waals surface area contributed by atoms with E-state index >= 15 is 0 Å². The lowest BCUT2D eigenvalue weighted by atomic mass is 9.96. The Morgan fingerprint density at radius 3 is 2.42 bits per heavy atom. The molecule has 5 rings (SSSR count). The highest BCUT2D eigenvalue weighted by Crippen LogP contribution is 2.44. The van der Waals surface area contributed by atoms with Crippen molar-refractivity contribution < 1.29 is 19.1 Å². The van der Waals surface area contributed by atoms with Crippen molar-refractivity contribution in [2.24, 2.45) is 0 Å². The van der Waals surface area contributed by atoms with Crippen LogP contribution in [0, 0.1) is 5.82 Å². The predicted octanol–water partition coefficient (Wildman–Crippen LogP) is 5.64. The van der Waals surface area contributed by atoms with E-state index in [9.17, 15) is 19.1 Å². The molecule has 0 aliphatic carbocycles. The number of halogens is 2. The van der Waals surface area contributed by atoms with Gasteiger partial charge in [0.1, 0.15) is 11.6 Å². The molecule has 0 bridgehead atoms. The van der Waals surface area contributed by atoms with Crippen molar-refractivity contribution >= 4 is 57.3 Å².